The molecular formula is C18H19F3N2O3. The average Bonchev–Trinajstić information content (AvgIpc) is 3.05. The van der Waals surface area contributed by atoms with E-state index in [1.165, 1.54) is 0 Å². The van der Waals surface area contributed by atoms with Gasteiger partial charge in [-0.1, -0.05) is 18.2 Å². The van der Waals surface area contributed by atoms with Gasteiger partial charge in [-0.25, -0.2) is 0 Å². The summed E-state index contributed by atoms with van der Waals surface area (Å²) in [4.78, 5) is 26.7. The average molecular weight is 368 g/mol. The topological polar surface area (TPSA) is 58.6 Å². The normalized spacial score (nSPS) is 29.7. The summed E-state index contributed by atoms with van der Waals surface area (Å²) in [7, 11) is 0. The number of likely N-dealkylation sites (tertiary alicyclic amines) is 1. The van der Waals surface area contributed by atoms with Gasteiger partial charge in [0.25, 0.3) is 5.91 Å². The Kier molecular flexibility index (Phi) is 3.98. The molecule has 1 N–H and O–H groups in total. The number of hydrogen-bond acceptors (Lipinski definition) is 4. The van der Waals surface area contributed by atoms with Crippen molar-refractivity contribution >= 4 is 17.6 Å². The first-order valence-electron chi connectivity index (χ1n) is 8.72. The Morgan fingerprint density at radius 3 is 2.58 bits per heavy atom. The molecule has 8 heteroatoms. The first-order chi connectivity index (χ1) is 12.3. The monoisotopic (exact) mass is 368 g/mol. The molecule has 26 heavy (non-hydrogen) atoms. The number of esters is 1. The van der Waals surface area contributed by atoms with Crippen molar-refractivity contribution < 1.29 is 27.5 Å². The second-order valence-electron chi connectivity index (χ2n) is 7.27. The Hall–Kier alpha value is -2.09. The summed E-state index contributed by atoms with van der Waals surface area (Å²) in [6.07, 6.45) is -3.86. The number of carbonyl (C=O) groups excluding carboxylic acids is 2. The first-order valence-corrected chi connectivity index (χ1v) is 8.72. The molecule has 0 aromatic heterocycles. The van der Waals surface area contributed by atoms with Gasteiger partial charge in [0, 0.05) is 24.2 Å². The molecule has 5 nitrogen and oxygen atoms in total. The van der Waals surface area contributed by atoms with E-state index in [4.69, 9.17) is 4.74 Å². The van der Waals surface area contributed by atoms with Crippen LogP contribution in [0.1, 0.15) is 24.8 Å². The molecule has 140 valence electrons. The number of halogens is 3. The Balaban J connectivity index is 1.44. The van der Waals surface area contributed by atoms with Gasteiger partial charge in [0.15, 0.2) is 0 Å². The van der Waals surface area contributed by atoms with Crippen molar-refractivity contribution in [2.75, 3.05) is 25.0 Å². The second-order valence-corrected chi connectivity index (χ2v) is 7.27. The van der Waals surface area contributed by atoms with E-state index in [9.17, 15) is 22.8 Å². The molecule has 0 aliphatic carbocycles. The van der Waals surface area contributed by atoms with Gasteiger partial charge in [-0.15, -0.1) is 0 Å². The lowest BCUT2D eigenvalue weighted by Crippen LogP contribution is -2.41. The van der Waals surface area contributed by atoms with Gasteiger partial charge in [-0.2, -0.15) is 13.2 Å². The second kappa shape index (κ2) is 5.97. The van der Waals surface area contributed by atoms with E-state index in [2.05, 4.69) is 5.32 Å². The Morgan fingerprint density at radius 1 is 1.19 bits per heavy atom. The minimum atomic E-state index is -4.16. The largest absolute Gasteiger partial charge is 0.444 e. The molecule has 1 aromatic carbocycles. The summed E-state index contributed by atoms with van der Waals surface area (Å²) in [5, 5.41) is 2.74. The number of nitrogens with zero attached hydrogens (tertiary/aromatic N) is 1. The molecule has 3 aliphatic rings. The highest BCUT2D eigenvalue weighted by Gasteiger charge is 2.57. The molecule has 2 unspecified atom stereocenters. The summed E-state index contributed by atoms with van der Waals surface area (Å²) in [5.41, 5.74) is -0.0172. The number of ether oxygens (including phenoxy) is 1. The zero-order chi connectivity index (χ0) is 18.5. The molecular weight excluding hydrogens is 349 g/mol. The van der Waals surface area contributed by atoms with E-state index in [1.54, 1.807) is 24.3 Å². The van der Waals surface area contributed by atoms with Crippen LogP contribution in [0.5, 0.6) is 0 Å². The van der Waals surface area contributed by atoms with Gasteiger partial charge in [0.1, 0.15) is 0 Å². The highest BCUT2D eigenvalue weighted by molar-refractivity contribution is 6.07. The fourth-order valence-electron chi connectivity index (χ4n) is 4.21. The first kappa shape index (κ1) is 17.3. The third-order valence-electron chi connectivity index (χ3n) is 5.65. The predicted molar refractivity (Wildman–Crippen MR) is 86.2 cm³/mol. The quantitative estimate of drug-likeness (QED) is 0.816. The Morgan fingerprint density at radius 2 is 1.88 bits per heavy atom. The molecule has 0 bridgehead atoms. The van der Waals surface area contributed by atoms with Crippen molar-refractivity contribution in [1.82, 2.24) is 4.90 Å². The summed E-state index contributed by atoms with van der Waals surface area (Å²) in [6, 6.07) is 7.09. The number of hydrogen-bond donors (Lipinski definition) is 1. The van der Waals surface area contributed by atoms with Crippen LogP contribution in [0.3, 0.4) is 0 Å². The van der Waals surface area contributed by atoms with Crippen molar-refractivity contribution in [2.24, 2.45) is 11.8 Å². The van der Waals surface area contributed by atoms with Crippen LogP contribution in [0.25, 0.3) is 0 Å². The maximum Gasteiger partial charge on any atom is 0.391 e. The van der Waals surface area contributed by atoms with Gasteiger partial charge in [0.05, 0.1) is 11.8 Å². The maximum atomic E-state index is 12.8. The molecule has 1 aromatic rings. The fourth-order valence-corrected chi connectivity index (χ4v) is 4.21. The third-order valence-corrected chi connectivity index (χ3v) is 5.65. The number of para-hydroxylation sites is 1. The molecule has 1 spiro atoms. The lowest BCUT2D eigenvalue weighted by molar-refractivity contribution is -0.185. The van der Waals surface area contributed by atoms with Gasteiger partial charge < -0.3 is 15.0 Å². The fraction of sp³-hybridized carbons (Fsp3) is 0.556. The van der Waals surface area contributed by atoms with Crippen molar-refractivity contribution in [3.63, 3.8) is 0 Å². The van der Waals surface area contributed by atoms with Crippen LogP contribution in [0.2, 0.25) is 0 Å². The highest BCUT2D eigenvalue weighted by atomic mass is 19.4. The zero-order valence-corrected chi connectivity index (χ0v) is 14.0. The molecule has 2 atom stereocenters. The molecule has 0 radical (unpaired) electrons. The van der Waals surface area contributed by atoms with Crippen molar-refractivity contribution in [3.05, 3.63) is 29.8 Å². The van der Waals surface area contributed by atoms with Gasteiger partial charge in [-0.3, -0.25) is 9.59 Å². The molecule has 4 rings (SSSR count). The predicted octanol–water partition coefficient (Wildman–Crippen LogP) is 2.67. The standard InChI is InChI=1S/C18H19F3N2O3/c19-18(20,21)12-5-7-23(8-6-12)10-11-9-17(26-15(11)24)13-3-1-2-4-14(13)22-16(17)25/h1-4,11-12H,5-10H2,(H,22,25). The van der Waals surface area contributed by atoms with Crippen LogP contribution in [0, 0.1) is 11.8 Å². The van der Waals surface area contributed by atoms with Gasteiger partial charge in [0.2, 0.25) is 5.60 Å². The molecule has 2 saturated heterocycles. The van der Waals surface area contributed by atoms with E-state index in [0.29, 0.717) is 30.9 Å². The lowest BCUT2D eigenvalue weighted by atomic mass is 9.87. The number of rotatable bonds is 2. The highest BCUT2D eigenvalue weighted by Crippen LogP contribution is 2.47. The van der Waals surface area contributed by atoms with Crippen LogP contribution in [-0.2, 0) is 19.9 Å². The van der Waals surface area contributed by atoms with Gasteiger partial charge in [-0.05, 0) is 32.0 Å². The van der Waals surface area contributed by atoms with E-state index in [0.717, 1.165) is 0 Å². The molecule has 2 fully saturated rings. The number of piperidine rings is 1. The van der Waals surface area contributed by atoms with Crippen molar-refractivity contribution in [2.45, 2.75) is 31.0 Å². The number of benzene rings is 1. The smallest absolute Gasteiger partial charge is 0.391 e. The lowest BCUT2D eigenvalue weighted by Gasteiger charge is -2.33. The number of carbonyl (C=O) groups is 2. The van der Waals surface area contributed by atoms with Crippen LogP contribution >= 0.6 is 0 Å². The SMILES string of the molecule is O=C1OC2(CC1CN1CCC(C(F)(F)F)CC1)C(=O)Nc1ccccc12. The third kappa shape index (κ3) is 2.76. The summed E-state index contributed by atoms with van der Waals surface area (Å²) in [6.45, 7) is 0.911. The van der Waals surface area contributed by atoms with Gasteiger partial charge >= 0.3 is 12.1 Å². The number of anilines is 1. The minimum absolute atomic E-state index is 0.0414. The van der Waals surface area contributed by atoms with Crippen LogP contribution < -0.4 is 5.32 Å². The molecule has 3 heterocycles. The zero-order valence-electron chi connectivity index (χ0n) is 14.0. The summed E-state index contributed by atoms with van der Waals surface area (Å²) in [5.74, 6) is -2.61. The minimum Gasteiger partial charge on any atom is -0.444 e. The molecule has 3 aliphatic heterocycles. The molecule has 0 saturated carbocycles. The van der Waals surface area contributed by atoms with Crippen LogP contribution in [0.4, 0.5) is 18.9 Å². The maximum absolute atomic E-state index is 12.8. The van der Waals surface area contributed by atoms with E-state index in [1.807, 2.05) is 4.90 Å². The van der Waals surface area contributed by atoms with Crippen LogP contribution in [0.15, 0.2) is 24.3 Å². The number of amides is 1. The number of nitrogens with one attached hydrogen (secondary N) is 1. The van der Waals surface area contributed by atoms with Crippen molar-refractivity contribution in [1.29, 1.82) is 0 Å². The number of fused-ring (bicyclic) bond motifs is 2. The number of alkyl halides is 3. The Bertz CT molecular complexity index is 743. The van der Waals surface area contributed by atoms with E-state index >= 15 is 0 Å². The summed E-state index contributed by atoms with van der Waals surface area (Å²) < 4.78 is 43.9. The summed E-state index contributed by atoms with van der Waals surface area (Å²) >= 11 is 0. The van der Waals surface area contributed by atoms with E-state index < -0.39 is 29.6 Å². The van der Waals surface area contributed by atoms with Crippen molar-refractivity contribution in [3.8, 4) is 0 Å². The van der Waals surface area contributed by atoms with Crippen LogP contribution in [-0.4, -0.2) is 42.6 Å². The molecule has 1 amide bonds. The van der Waals surface area contributed by atoms with E-state index in [-0.39, 0.29) is 25.2 Å². The Labute approximate surface area is 148 Å².